The molecule has 0 aromatic heterocycles. The second-order valence-electron chi connectivity index (χ2n) is 3.43. The fourth-order valence-electron chi connectivity index (χ4n) is 1.24. The Morgan fingerprint density at radius 2 is 1.57 bits per heavy atom. The normalized spacial score (nSPS) is 11.1. The van der Waals surface area contributed by atoms with Crippen LogP contribution in [0.5, 0.6) is 0 Å². The lowest BCUT2D eigenvalue weighted by atomic mass is 10.1. The Balaban J connectivity index is 3.07. The lowest BCUT2D eigenvalue weighted by molar-refractivity contribution is 0.695. The number of rotatable bonds is 8. The highest BCUT2D eigenvalue weighted by molar-refractivity contribution is 5.01. The molecule has 0 aliphatic carbocycles. The van der Waals surface area contributed by atoms with Crippen LogP contribution in [0.3, 0.4) is 0 Å². The summed E-state index contributed by atoms with van der Waals surface area (Å²) in [6.07, 6.45) is 16.6. The zero-order chi connectivity index (χ0) is 10.5. The van der Waals surface area contributed by atoms with Crippen LogP contribution in [0.25, 0.3) is 0 Å². The number of nitrogens with zero attached hydrogens (tertiary/aromatic N) is 1. The van der Waals surface area contributed by atoms with E-state index in [1.807, 2.05) is 12.1 Å². The molecule has 0 saturated carbocycles. The molecule has 1 nitrogen and oxygen atoms in total. The summed E-state index contributed by atoms with van der Waals surface area (Å²) >= 11 is 0. The SMILES string of the molecule is CCCC=CCCCCCC=CC#N. The van der Waals surface area contributed by atoms with Gasteiger partial charge in [0.15, 0.2) is 0 Å². The predicted octanol–water partition coefficient (Wildman–Crippen LogP) is 4.37. The minimum Gasteiger partial charge on any atom is -0.193 e. The molecular formula is C13H21N. The monoisotopic (exact) mass is 191 g/mol. The van der Waals surface area contributed by atoms with Crippen molar-refractivity contribution in [3.8, 4) is 6.07 Å². The number of unbranched alkanes of at least 4 members (excludes halogenated alkanes) is 5. The second-order valence-corrected chi connectivity index (χ2v) is 3.43. The highest BCUT2D eigenvalue weighted by Gasteiger charge is 1.85. The van der Waals surface area contributed by atoms with Crippen LogP contribution in [0.15, 0.2) is 24.3 Å². The maximum absolute atomic E-state index is 8.24. The van der Waals surface area contributed by atoms with Crippen LogP contribution in [-0.2, 0) is 0 Å². The van der Waals surface area contributed by atoms with Gasteiger partial charge in [0.2, 0.25) is 0 Å². The van der Waals surface area contributed by atoms with Crippen LogP contribution in [0.2, 0.25) is 0 Å². The molecule has 0 heterocycles. The van der Waals surface area contributed by atoms with Crippen molar-refractivity contribution in [2.75, 3.05) is 0 Å². The molecule has 0 aliphatic heterocycles. The van der Waals surface area contributed by atoms with Gasteiger partial charge in [0, 0.05) is 6.08 Å². The Bertz CT molecular complexity index is 196. The third kappa shape index (κ3) is 11.0. The van der Waals surface area contributed by atoms with E-state index in [1.165, 1.54) is 38.5 Å². The molecule has 0 amide bonds. The van der Waals surface area contributed by atoms with Crippen LogP contribution in [-0.4, -0.2) is 0 Å². The van der Waals surface area contributed by atoms with E-state index in [1.54, 1.807) is 6.08 Å². The summed E-state index contributed by atoms with van der Waals surface area (Å²) in [6, 6.07) is 2.00. The molecule has 78 valence electrons. The first-order valence-corrected chi connectivity index (χ1v) is 5.61. The number of nitriles is 1. The van der Waals surface area contributed by atoms with Gasteiger partial charge in [-0.1, -0.05) is 38.0 Å². The Morgan fingerprint density at radius 3 is 2.21 bits per heavy atom. The average molecular weight is 191 g/mol. The van der Waals surface area contributed by atoms with E-state index < -0.39 is 0 Å². The summed E-state index contributed by atoms with van der Waals surface area (Å²) in [5.41, 5.74) is 0. The van der Waals surface area contributed by atoms with Gasteiger partial charge in [0.05, 0.1) is 6.07 Å². The fourth-order valence-corrected chi connectivity index (χ4v) is 1.24. The molecule has 0 unspecified atom stereocenters. The van der Waals surface area contributed by atoms with E-state index >= 15 is 0 Å². The molecule has 0 fully saturated rings. The fraction of sp³-hybridized carbons (Fsp3) is 0.615. The van der Waals surface area contributed by atoms with Crippen LogP contribution < -0.4 is 0 Å². The van der Waals surface area contributed by atoms with E-state index in [2.05, 4.69) is 19.1 Å². The molecule has 0 aromatic rings. The first-order chi connectivity index (χ1) is 6.91. The molecule has 0 aliphatic rings. The Labute approximate surface area is 88.1 Å². The summed E-state index contributed by atoms with van der Waals surface area (Å²) in [7, 11) is 0. The summed E-state index contributed by atoms with van der Waals surface area (Å²) < 4.78 is 0. The van der Waals surface area contributed by atoms with Crippen LogP contribution in [0.1, 0.15) is 51.9 Å². The van der Waals surface area contributed by atoms with Crippen molar-refractivity contribution in [1.29, 1.82) is 5.26 Å². The molecule has 0 radical (unpaired) electrons. The summed E-state index contributed by atoms with van der Waals surface area (Å²) in [6.45, 7) is 2.20. The van der Waals surface area contributed by atoms with Gasteiger partial charge in [0.25, 0.3) is 0 Å². The topological polar surface area (TPSA) is 23.8 Å². The van der Waals surface area contributed by atoms with Gasteiger partial charge in [-0.15, -0.1) is 0 Å². The third-order valence-corrected chi connectivity index (χ3v) is 2.06. The maximum atomic E-state index is 8.24. The zero-order valence-corrected chi connectivity index (χ0v) is 9.21. The molecule has 0 bridgehead atoms. The largest absolute Gasteiger partial charge is 0.193 e. The molecule has 0 atom stereocenters. The second kappa shape index (κ2) is 12.0. The third-order valence-electron chi connectivity index (χ3n) is 2.06. The van der Waals surface area contributed by atoms with E-state index in [-0.39, 0.29) is 0 Å². The van der Waals surface area contributed by atoms with E-state index in [0.717, 1.165) is 6.42 Å². The average Bonchev–Trinajstić information content (AvgIpc) is 2.21. The van der Waals surface area contributed by atoms with Gasteiger partial charge >= 0.3 is 0 Å². The molecule has 0 saturated heterocycles. The van der Waals surface area contributed by atoms with Crippen LogP contribution in [0.4, 0.5) is 0 Å². The number of hydrogen-bond acceptors (Lipinski definition) is 1. The molecule has 0 rings (SSSR count). The van der Waals surface area contributed by atoms with Crippen molar-refractivity contribution in [1.82, 2.24) is 0 Å². The Kier molecular flexibility index (Phi) is 11.1. The maximum Gasteiger partial charge on any atom is 0.0908 e. The zero-order valence-electron chi connectivity index (χ0n) is 9.21. The molecule has 1 heteroatoms. The lowest BCUT2D eigenvalue weighted by Crippen LogP contribution is -1.74. The Hall–Kier alpha value is -1.03. The highest BCUT2D eigenvalue weighted by atomic mass is 14.2. The molecule has 14 heavy (non-hydrogen) atoms. The lowest BCUT2D eigenvalue weighted by Gasteiger charge is -1.94. The molecule has 0 spiro atoms. The number of allylic oxidation sites excluding steroid dienone is 4. The van der Waals surface area contributed by atoms with Gasteiger partial charge in [0.1, 0.15) is 0 Å². The van der Waals surface area contributed by atoms with Gasteiger partial charge in [-0.25, -0.2) is 0 Å². The smallest absolute Gasteiger partial charge is 0.0908 e. The molecule has 0 N–H and O–H groups in total. The number of hydrogen-bond donors (Lipinski definition) is 0. The van der Waals surface area contributed by atoms with Gasteiger partial charge in [-0.2, -0.15) is 5.26 Å². The van der Waals surface area contributed by atoms with E-state index in [4.69, 9.17) is 5.26 Å². The van der Waals surface area contributed by atoms with Crippen molar-refractivity contribution >= 4 is 0 Å². The molecule has 0 aromatic carbocycles. The summed E-state index contributed by atoms with van der Waals surface area (Å²) in [5.74, 6) is 0. The van der Waals surface area contributed by atoms with Crippen LogP contribution in [0, 0.1) is 11.3 Å². The van der Waals surface area contributed by atoms with Crippen molar-refractivity contribution in [2.24, 2.45) is 0 Å². The highest BCUT2D eigenvalue weighted by Crippen LogP contribution is 2.04. The van der Waals surface area contributed by atoms with Gasteiger partial charge in [-0.3, -0.25) is 0 Å². The Morgan fingerprint density at radius 1 is 0.929 bits per heavy atom. The van der Waals surface area contributed by atoms with Gasteiger partial charge < -0.3 is 0 Å². The predicted molar refractivity (Wildman–Crippen MR) is 61.9 cm³/mol. The van der Waals surface area contributed by atoms with Gasteiger partial charge in [-0.05, 0) is 32.1 Å². The van der Waals surface area contributed by atoms with E-state index in [9.17, 15) is 0 Å². The van der Waals surface area contributed by atoms with Crippen LogP contribution >= 0.6 is 0 Å². The first kappa shape index (κ1) is 13.0. The summed E-state index contributed by atoms with van der Waals surface area (Å²) in [4.78, 5) is 0. The van der Waals surface area contributed by atoms with Crippen molar-refractivity contribution in [2.45, 2.75) is 51.9 Å². The molecular weight excluding hydrogens is 170 g/mol. The quantitative estimate of drug-likeness (QED) is 0.317. The minimum atomic E-state index is 1.05. The van der Waals surface area contributed by atoms with Crippen molar-refractivity contribution in [3.63, 3.8) is 0 Å². The van der Waals surface area contributed by atoms with E-state index in [0.29, 0.717) is 0 Å². The summed E-state index contributed by atoms with van der Waals surface area (Å²) in [5, 5.41) is 8.24. The minimum absolute atomic E-state index is 1.05. The van der Waals surface area contributed by atoms with Crippen molar-refractivity contribution in [3.05, 3.63) is 24.3 Å². The van der Waals surface area contributed by atoms with Crippen molar-refractivity contribution < 1.29 is 0 Å². The standard InChI is InChI=1S/C13H21N/c1-2-3-4-5-6-7-8-9-10-11-12-13-14/h4-5,11-12H,2-3,6-10H2,1H3. The first-order valence-electron chi connectivity index (χ1n) is 5.61.